The lowest BCUT2D eigenvalue weighted by molar-refractivity contribution is 0.0951. The summed E-state index contributed by atoms with van der Waals surface area (Å²) in [5.41, 5.74) is 0.478. The van der Waals surface area contributed by atoms with Crippen LogP contribution in [0.4, 0.5) is 4.39 Å². The van der Waals surface area contributed by atoms with Gasteiger partial charge >= 0.3 is 0 Å². The van der Waals surface area contributed by atoms with E-state index in [1.54, 1.807) is 0 Å². The Kier molecular flexibility index (Phi) is 6.64. The van der Waals surface area contributed by atoms with Gasteiger partial charge in [-0.1, -0.05) is 12.8 Å². The number of benzene rings is 1. The molecule has 0 unspecified atom stereocenters. The molecule has 2 rings (SSSR count). The Hall–Kier alpha value is -0.940. The zero-order valence-corrected chi connectivity index (χ0v) is 13.8. The zero-order chi connectivity index (χ0) is 15.1. The summed E-state index contributed by atoms with van der Waals surface area (Å²) in [4.78, 5) is 14.5. The predicted octanol–water partition coefficient (Wildman–Crippen LogP) is 3.58. The third kappa shape index (κ3) is 5.40. The zero-order valence-electron chi connectivity index (χ0n) is 12.2. The number of halogens is 2. The molecule has 1 aromatic carbocycles. The van der Waals surface area contributed by atoms with E-state index in [2.05, 4.69) is 26.1 Å². The lowest BCUT2D eigenvalue weighted by Gasteiger charge is -2.19. The number of carbonyl (C=O) groups is 1. The molecule has 1 aliphatic heterocycles. The van der Waals surface area contributed by atoms with Gasteiger partial charge < -0.3 is 10.2 Å². The molecule has 0 spiro atoms. The second kappa shape index (κ2) is 8.49. The van der Waals surface area contributed by atoms with E-state index >= 15 is 0 Å². The van der Waals surface area contributed by atoms with Crippen LogP contribution in [0.3, 0.4) is 0 Å². The number of hydrogen-bond acceptors (Lipinski definition) is 2. The molecule has 1 saturated heterocycles. The lowest BCUT2D eigenvalue weighted by Crippen LogP contribution is -2.30. The minimum atomic E-state index is -0.348. The molecule has 1 N–H and O–H groups in total. The van der Waals surface area contributed by atoms with Crippen LogP contribution in [0.2, 0.25) is 0 Å². The second-order valence-corrected chi connectivity index (χ2v) is 6.34. The van der Waals surface area contributed by atoms with Crippen LogP contribution in [0.5, 0.6) is 0 Å². The molecule has 0 atom stereocenters. The van der Waals surface area contributed by atoms with Crippen LogP contribution in [0.25, 0.3) is 0 Å². The molecular formula is C16H22BrFN2O. The SMILES string of the molecule is O=C(NCCCN1CCCCCC1)c1ccc(F)cc1Br. The maximum absolute atomic E-state index is 13.0. The molecule has 1 fully saturated rings. The maximum Gasteiger partial charge on any atom is 0.252 e. The largest absolute Gasteiger partial charge is 0.352 e. The molecule has 1 heterocycles. The van der Waals surface area contributed by atoms with E-state index < -0.39 is 0 Å². The normalized spacial score (nSPS) is 16.5. The number of carbonyl (C=O) groups excluding carboxylic acids is 1. The highest BCUT2D eigenvalue weighted by Crippen LogP contribution is 2.17. The highest BCUT2D eigenvalue weighted by Gasteiger charge is 2.11. The number of nitrogens with zero attached hydrogens (tertiary/aromatic N) is 1. The molecule has 21 heavy (non-hydrogen) atoms. The molecule has 116 valence electrons. The first kappa shape index (κ1) is 16.4. The fraction of sp³-hybridized carbons (Fsp3) is 0.562. The van der Waals surface area contributed by atoms with Gasteiger partial charge in [0.05, 0.1) is 5.56 Å². The Bertz CT molecular complexity index is 473. The molecule has 1 amide bonds. The van der Waals surface area contributed by atoms with Gasteiger partial charge in [0, 0.05) is 11.0 Å². The van der Waals surface area contributed by atoms with Gasteiger partial charge in [-0.25, -0.2) is 4.39 Å². The van der Waals surface area contributed by atoms with E-state index in [-0.39, 0.29) is 11.7 Å². The summed E-state index contributed by atoms with van der Waals surface area (Å²) in [6.45, 7) is 4.04. The first-order chi connectivity index (χ1) is 10.2. The summed E-state index contributed by atoms with van der Waals surface area (Å²) in [5.74, 6) is -0.502. The van der Waals surface area contributed by atoms with Crippen LogP contribution in [0, 0.1) is 5.82 Å². The van der Waals surface area contributed by atoms with Crippen molar-refractivity contribution in [2.75, 3.05) is 26.2 Å². The van der Waals surface area contributed by atoms with Crippen molar-refractivity contribution in [3.63, 3.8) is 0 Å². The van der Waals surface area contributed by atoms with Crippen LogP contribution >= 0.6 is 15.9 Å². The van der Waals surface area contributed by atoms with Crippen molar-refractivity contribution in [2.24, 2.45) is 0 Å². The summed E-state index contributed by atoms with van der Waals surface area (Å²) in [6.07, 6.45) is 6.20. The number of amides is 1. The van der Waals surface area contributed by atoms with Gasteiger partial charge in [0.15, 0.2) is 0 Å². The molecular weight excluding hydrogens is 335 g/mol. The van der Waals surface area contributed by atoms with Gasteiger partial charge in [-0.05, 0) is 73.0 Å². The first-order valence-electron chi connectivity index (χ1n) is 7.62. The highest BCUT2D eigenvalue weighted by atomic mass is 79.9. The molecule has 0 aromatic heterocycles. The van der Waals surface area contributed by atoms with E-state index in [1.165, 1.54) is 57.0 Å². The van der Waals surface area contributed by atoms with Crippen LogP contribution in [-0.4, -0.2) is 37.0 Å². The van der Waals surface area contributed by atoms with Gasteiger partial charge in [-0.15, -0.1) is 0 Å². The van der Waals surface area contributed by atoms with Crippen molar-refractivity contribution in [1.29, 1.82) is 0 Å². The van der Waals surface area contributed by atoms with Crippen molar-refractivity contribution in [1.82, 2.24) is 10.2 Å². The monoisotopic (exact) mass is 356 g/mol. The minimum absolute atomic E-state index is 0.155. The molecule has 1 aliphatic rings. The van der Waals surface area contributed by atoms with E-state index in [4.69, 9.17) is 0 Å². The third-order valence-corrected chi connectivity index (χ3v) is 4.47. The Morgan fingerprint density at radius 2 is 1.95 bits per heavy atom. The van der Waals surface area contributed by atoms with Crippen molar-refractivity contribution in [3.8, 4) is 0 Å². The second-order valence-electron chi connectivity index (χ2n) is 5.49. The average molecular weight is 357 g/mol. The van der Waals surface area contributed by atoms with E-state index in [0.29, 0.717) is 16.6 Å². The summed E-state index contributed by atoms with van der Waals surface area (Å²) in [5, 5.41) is 2.90. The van der Waals surface area contributed by atoms with Gasteiger partial charge in [0.2, 0.25) is 0 Å². The van der Waals surface area contributed by atoms with Gasteiger partial charge in [-0.3, -0.25) is 4.79 Å². The van der Waals surface area contributed by atoms with Crippen LogP contribution in [0.15, 0.2) is 22.7 Å². The quantitative estimate of drug-likeness (QED) is 0.817. The van der Waals surface area contributed by atoms with Crippen molar-refractivity contribution >= 4 is 21.8 Å². The van der Waals surface area contributed by atoms with Gasteiger partial charge in [0.1, 0.15) is 5.82 Å². The summed E-state index contributed by atoms with van der Waals surface area (Å²) in [7, 11) is 0. The maximum atomic E-state index is 13.0. The number of rotatable bonds is 5. The third-order valence-electron chi connectivity index (χ3n) is 3.81. The first-order valence-corrected chi connectivity index (χ1v) is 8.42. The number of nitrogens with one attached hydrogen (secondary N) is 1. The van der Waals surface area contributed by atoms with Crippen LogP contribution < -0.4 is 5.32 Å². The fourth-order valence-electron chi connectivity index (χ4n) is 2.63. The standard InChI is InChI=1S/C16H22BrFN2O/c17-15-12-13(18)6-7-14(15)16(21)19-8-5-11-20-9-3-1-2-4-10-20/h6-7,12H,1-5,8-11H2,(H,19,21). The fourth-order valence-corrected chi connectivity index (χ4v) is 3.16. The minimum Gasteiger partial charge on any atom is -0.352 e. The molecule has 0 aliphatic carbocycles. The van der Waals surface area contributed by atoms with E-state index in [9.17, 15) is 9.18 Å². The molecule has 3 nitrogen and oxygen atoms in total. The summed E-state index contributed by atoms with van der Waals surface area (Å²) >= 11 is 3.22. The Balaban J connectivity index is 1.71. The summed E-state index contributed by atoms with van der Waals surface area (Å²) < 4.78 is 13.5. The molecule has 0 bridgehead atoms. The van der Waals surface area contributed by atoms with Crippen molar-refractivity contribution < 1.29 is 9.18 Å². The molecule has 5 heteroatoms. The van der Waals surface area contributed by atoms with Gasteiger partial charge in [-0.2, -0.15) is 0 Å². The molecule has 1 aromatic rings. The predicted molar refractivity (Wildman–Crippen MR) is 86.0 cm³/mol. The number of hydrogen-bond donors (Lipinski definition) is 1. The highest BCUT2D eigenvalue weighted by molar-refractivity contribution is 9.10. The van der Waals surface area contributed by atoms with E-state index in [0.717, 1.165) is 13.0 Å². The van der Waals surface area contributed by atoms with Crippen LogP contribution in [0.1, 0.15) is 42.5 Å². The topological polar surface area (TPSA) is 32.3 Å². The number of likely N-dealkylation sites (tertiary alicyclic amines) is 1. The molecule has 0 saturated carbocycles. The average Bonchev–Trinajstić information content (AvgIpc) is 2.72. The van der Waals surface area contributed by atoms with E-state index in [1.807, 2.05) is 0 Å². The van der Waals surface area contributed by atoms with Crippen molar-refractivity contribution in [2.45, 2.75) is 32.1 Å². The molecule has 0 radical (unpaired) electrons. The van der Waals surface area contributed by atoms with Crippen molar-refractivity contribution in [3.05, 3.63) is 34.1 Å². The lowest BCUT2D eigenvalue weighted by atomic mass is 10.2. The smallest absolute Gasteiger partial charge is 0.252 e. The Labute approximate surface area is 134 Å². The Morgan fingerprint density at radius 1 is 1.24 bits per heavy atom. The van der Waals surface area contributed by atoms with Crippen LogP contribution in [-0.2, 0) is 0 Å². The Morgan fingerprint density at radius 3 is 2.62 bits per heavy atom. The van der Waals surface area contributed by atoms with Gasteiger partial charge in [0.25, 0.3) is 5.91 Å². The summed E-state index contributed by atoms with van der Waals surface area (Å²) in [6, 6.07) is 4.12.